The first kappa shape index (κ1) is 20.1. The van der Waals surface area contributed by atoms with Crippen LogP contribution in [0.1, 0.15) is 36.0 Å². The third-order valence-corrected chi connectivity index (χ3v) is 7.16. The van der Waals surface area contributed by atoms with Crippen molar-refractivity contribution < 1.29 is 18.0 Å². The average Bonchev–Trinajstić information content (AvgIpc) is 3.39. The van der Waals surface area contributed by atoms with Crippen molar-refractivity contribution in [1.82, 2.24) is 9.04 Å². The maximum atomic E-state index is 13.4. The maximum Gasteiger partial charge on any atom is 0.268 e. The molecule has 0 aliphatic heterocycles. The van der Waals surface area contributed by atoms with E-state index in [0.29, 0.717) is 22.9 Å². The van der Waals surface area contributed by atoms with Crippen molar-refractivity contribution in [2.24, 2.45) is 0 Å². The summed E-state index contributed by atoms with van der Waals surface area (Å²) in [6.07, 6.45) is 2.27. The van der Waals surface area contributed by atoms with Crippen molar-refractivity contribution in [2.45, 2.75) is 37.1 Å². The predicted octanol–water partition coefficient (Wildman–Crippen LogP) is 3.32. The largest absolute Gasteiger partial charge is 0.274 e. The lowest BCUT2D eigenvalue weighted by molar-refractivity contribution is -0.176. The number of amides is 1. The number of fused-ring (bicyclic) bond motifs is 1. The highest BCUT2D eigenvalue weighted by Gasteiger charge is 2.46. The Hall–Kier alpha value is -3.15. The van der Waals surface area contributed by atoms with E-state index in [1.807, 2.05) is 6.92 Å². The van der Waals surface area contributed by atoms with Crippen LogP contribution in [0.25, 0.3) is 10.9 Å². The second kappa shape index (κ2) is 7.27. The molecule has 0 spiro atoms. The van der Waals surface area contributed by atoms with Gasteiger partial charge in [-0.3, -0.25) is 9.63 Å². The molecule has 1 aliphatic carbocycles. The number of nitrogens with zero attached hydrogens (tertiary/aromatic N) is 3. The number of carbonyl (C=O) groups excluding carboxylic acids is 1. The van der Waals surface area contributed by atoms with Gasteiger partial charge in [-0.1, -0.05) is 17.7 Å². The van der Waals surface area contributed by atoms with E-state index >= 15 is 0 Å². The number of aromatic nitrogens is 1. The summed E-state index contributed by atoms with van der Waals surface area (Å²) in [7, 11) is -2.38. The lowest BCUT2D eigenvalue weighted by Gasteiger charge is -2.17. The zero-order chi connectivity index (χ0) is 21.6. The predicted molar refractivity (Wildman–Crippen MR) is 111 cm³/mol. The van der Waals surface area contributed by atoms with E-state index in [4.69, 9.17) is 4.84 Å². The highest BCUT2D eigenvalue weighted by Crippen LogP contribution is 2.48. The number of rotatable bonds is 5. The zero-order valence-corrected chi connectivity index (χ0v) is 17.7. The van der Waals surface area contributed by atoms with Crippen LogP contribution in [0.15, 0.2) is 53.6 Å². The SMILES string of the molecule is CON(C(C)=O)[C@@H]1C[C@@H]1c1cn(S(=O)(=O)c2ccc(C)cc2)c2ccc(C#N)cc12. The van der Waals surface area contributed by atoms with Gasteiger partial charge in [0.05, 0.1) is 35.2 Å². The molecule has 3 aromatic rings. The number of nitriles is 1. The van der Waals surface area contributed by atoms with Gasteiger partial charge in [-0.05, 0) is 49.2 Å². The summed E-state index contributed by atoms with van der Waals surface area (Å²) in [6, 6.07) is 13.6. The second-order valence-electron chi connectivity index (χ2n) is 7.48. The number of aryl methyl sites for hydroxylation is 1. The minimum Gasteiger partial charge on any atom is -0.274 e. The number of carbonyl (C=O) groups is 1. The minimum absolute atomic E-state index is 0.0697. The molecule has 8 heteroatoms. The summed E-state index contributed by atoms with van der Waals surface area (Å²) in [6.45, 7) is 3.32. The van der Waals surface area contributed by atoms with Gasteiger partial charge >= 0.3 is 0 Å². The molecule has 2 atom stereocenters. The van der Waals surface area contributed by atoms with E-state index in [1.165, 1.54) is 23.1 Å². The maximum absolute atomic E-state index is 13.4. The van der Waals surface area contributed by atoms with Gasteiger partial charge in [0, 0.05) is 24.4 Å². The van der Waals surface area contributed by atoms with E-state index in [9.17, 15) is 18.5 Å². The monoisotopic (exact) mass is 423 g/mol. The summed E-state index contributed by atoms with van der Waals surface area (Å²) in [5.74, 6) is -0.279. The van der Waals surface area contributed by atoms with Gasteiger partial charge in [-0.2, -0.15) is 5.26 Å². The van der Waals surface area contributed by atoms with Crippen molar-refractivity contribution >= 4 is 26.8 Å². The Morgan fingerprint density at radius 3 is 2.53 bits per heavy atom. The molecule has 0 N–H and O–H groups in total. The summed E-state index contributed by atoms with van der Waals surface area (Å²) >= 11 is 0. The molecule has 1 fully saturated rings. The molecule has 7 nitrogen and oxygen atoms in total. The fourth-order valence-electron chi connectivity index (χ4n) is 3.89. The van der Waals surface area contributed by atoms with E-state index < -0.39 is 10.0 Å². The van der Waals surface area contributed by atoms with Crippen LogP contribution in [0.2, 0.25) is 0 Å². The van der Waals surface area contributed by atoms with Crippen LogP contribution in [0, 0.1) is 18.3 Å². The Morgan fingerprint density at radius 1 is 1.23 bits per heavy atom. The summed E-state index contributed by atoms with van der Waals surface area (Å²) in [5, 5.41) is 11.3. The van der Waals surface area contributed by atoms with E-state index in [0.717, 1.165) is 11.1 Å². The number of hydrogen-bond acceptors (Lipinski definition) is 5. The van der Waals surface area contributed by atoms with Gasteiger partial charge in [-0.15, -0.1) is 0 Å². The van der Waals surface area contributed by atoms with Gasteiger partial charge in [0.1, 0.15) is 0 Å². The highest BCUT2D eigenvalue weighted by atomic mass is 32.2. The van der Waals surface area contributed by atoms with Crippen LogP contribution in [0.3, 0.4) is 0 Å². The minimum atomic E-state index is -3.82. The molecule has 4 rings (SSSR count). The standard InChI is InChI=1S/C22H21N3O4S/c1-14-4-7-17(8-5-14)30(27,28)24-13-20(18-10-16(12-23)6-9-21(18)24)19-11-22(19)25(29-3)15(2)26/h4-10,13,19,22H,11H2,1-3H3/t19-,22-/m1/s1. The van der Waals surface area contributed by atoms with Crippen molar-refractivity contribution in [2.75, 3.05) is 7.11 Å². The van der Waals surface area contributed by atoms with Crippen molar-refractivity contribution in [3.63, 3.8) is 0 Å². The smallest absolute Gasteiger partial charge is 0.268 e. The molecule has 1 aliphatic rings. The first-order chi connectivity index (χ1) is 14.3. The average molecular weight is 423 g/mol. The lowest BCUT2D eigenvalue weighted by Crippen LogP contribution is -2.30. The van der Waals surface area contributed by atoms with Gasteiger partial charge in [0.15, 0.2) is 0 Å². The zero-order valence-electron chi connectivity index (χ0n) is 16.9. The fraction of sp³-hybridized carbons (Fsp3) is 0.273. The molecule has 1 aromatic heterocycles. The fourth-order valence-corrected chi connectivity index (χ4v) is 5.26. The third kappa shape index (κ3) is 3.26. The Bertz CT molecular complexity index is 1290. The van der Waals surface area contributed by atoms with Crippen LogP contribution >= 0.6 is 0 Å². The number of benzene rings is 2. The molecule has 0 unspecified atom stereocenters. The molecule has 154 valence electrons. The number of hydroxylamine groups is 2. The molecule has 1 saturated carbocycles. The Kier molecular flexibility index (Phi) is 4.88. The molecule has 1 amide bonds. The van der Waals surface area contributed by atoms with E-state index in [2.05, 4.69) is 6.07 Å². The first-order valence-electron chi connectivity index (χ1n) is 9.49. The van der Waals surface area contributed by atoms with Gasteiger partial charge in [0.2, 0.25) is 5.91 Å². The quantitative estimate of drug-likeness (QED) is 0.587. The van der Waals surface area contributed by atoms with E-state index in [1.54, 1.807) is 48.7 Å². The summed E-state index contributed by atoms with van der Waals surface area (Å²) < 4.78 is 28.0. The highest BCUT2D eigenvalue weighted by molar-refractivity contribution is 7.90. The van der Waals surface area contributed by atoms with Crippen molar-refractivity contribution in [3.8, 4) is 6.07 Å². The van der Waals surface area contributed by atoms with Crippen molar-refractivity contribution in [3.05, 3.63) is 65.4 Å². The molecule has 2 aromatic carbocycles. The third-order valence-electron chi connectivity index (χ3n) is 5.47. The first-order valence-corrected chi connectivity index (χ1v) is 10.9. The molecule has 1 heterocycles. The Balaban J connectivity index is 1.86. The molecule has 0 radical (unpaired) electrons. The normalized spacial score (nSPS) is 18.2. The molecule has 0 saturated heterocycles. The van der Waals surface area contributed by atoms with Crippen LogP contribution in [-0.2, 0) is 19.7 Å². The Morgan fingerprint density at radius 2 is 1.93 bits per heavy atom. The topological polar surface area (TPSA) is 92.4 Å². The second-order valence-corrected chi connectivity index (χ2v) is 9.29. The van der Waals surface area contributed by atoms with Gasteiger partial charge in [-0.25, -0.2) is 17.5 Å². The number of hydrogen-bond donors (Lipinski definition) is 0. The van der Waals surface area contributed by atoms with Crippen molar-refractivity contribution in [1.29, 1.82) is 5.26 Å². The van der Waals surface area contributed by atoms with Crippen LogP contribution in [0.5, 0.6) is 0 Å². The summed E-state index contributed by atoms with van der Waals surface area (Å²) in [5.41, 5.74) is 2.70. The van der Waals surface area contributed by atoms with Gasteiger partial charge < -0.3 is 0 Å². The van der Waals surface area contributed by atoms with Gasteiger partial charge in [0.25, 0.3) is 10.0 Å². The molecular weight excluding hydrogens is 402 g/mol. The Labute approximate surface area is 175 Å². The van der Waals surface area contributed by atoms with Crippen LogP contribution < -0.4 is 0 Å². The molecule has 30 heavy (non-hydrogen) atoms. The van der Waals surface area contributed by atoms with Crippen LogP contribution in [0.4, 0.5) is 0 Å². The van der Waals surface area contributed by atoms with Crippen LogP contribution in [-0.4, -0.2) is 36.5 Å². The molecule has 0 bridgehead atoms. The molecular formula is C22H21N3O4S. The summed E-state index contributed by atoms with van der Waals surface area (Å²) in [4.78, 5) is 17.2. The van der Waals surface area contributed by atoms with E-state index in [-0.39, 0.29) is 22.8 Å². The lowest BCUT2D eigenvalue weighted by atomic mass is 10.1.